The fourth-order valence-corrected chi connectivity index (χ4v) is 3.70. The highest BCUT2D eigenvalue weighted by atomic mass is 16.7. The first kappa shape index (κ1) is 23.6. The third-order valence-corrected chi connectivity index (χ3v) is 5.55. The van der Waals surface area contributed by atoms with Crippen molar-refractivity contribution in [3.63, 3.8) is 0 Å². The smallest absolute Gasteiger partial charge is 0.229 e. The molecular weight excluding hydrogens is 456 g/mol. The summed E-state index contributed by atoms with van der Waals surface area (Å²) >= 11 is 0. The molecule has 1 saturated heterocycles. The van der Waals surface area contributed by atoms with Gasteiger partial charge in [0.1, 0.15) is 41.8 Å². The Balaban J connectivity index is 1.83. The molecule has 1 fully saturated rings. The molecule has 0 unspecified atom stereocenters. The maximum absolute atomic E-state index is 13.1. The largest absolute Gasteiger partial charge is 0.508 e. The van der Waals surface area contributed by atoms with E-state index in [0.717, 1.165) is 6.26 Å². The molecule has 5 atom stereocenters. The lowest BCUT2D eigenvalue weighted by Crippen LogP contribution is -2.60. The Kier molecular flexibility index (Phi) is 6.25. The normalized spacial score (nSPS) is 24.8. The molecule has 12 nitrogen and oxygen atoms in total. The van der Waals surface area contributed by atoms with E-state index >= 15 is 0 Å². The second-order valence-electron chi connectivity index (χ2n) is 7.60. The lowest BCUT2D eigenvalue weighted by atomic mass is 9.99. The van der Waals surface area contributed by atoms with Crippen molar-refractivity contribution in [2.45, 2.75) is 30.7 Å². The van der Waals surface area contributed by atoms with Gasteiger partial charge in [0, 0.05) is 0 Å². The molecule has 0 aliphatic carbocycles. The van der Waals surface area contributed by atoms with Crippen molar-refractivity contribution in [3.8, 4) is 39.9 Å². The van der Waals surface area contributed by atoms with Gasteiger partial charge in [0.05, 0.1) is 19.3 Å². The zero-order valence-electron chi connectivity index (χ0n) is 17.7. The number of benzene rings is 2. The molecule has 0 amide bonds. The summed E-state index contributed by atoms with van der Waals surface area (Å²) in [7, 11) is 1.17. The van der Waals surface area contributed by atoms with Gasteiger partial charge in [-0.25, -0.2) is 0 Å². The number of phenolic OH excluding ortho intramolecular Hbond substituents is 3. The molecule has 0 bridgehead atoms. The molecule has 2 heterocycles. The topological polar surface area (TPSA) is 200 Å². The number of rotatable bonds is 5. The summed E-state index contributed by atoms with van der Waals surface area (Å²) in [6.07, 6.45) is -7.14. The van der Waals surface area contributed by atoms with Crippen molar-refractivity contribution in [1.29, 1.82) is 0 Å². The van der Waals surface area contributed by atoms with E-state index in [0.29, 0.717) is 5.56 Å². The molecule has 0 radical (unpaired) electrons. The molecule has 1 aromatic heterocycles. The number of fused-ring (bicyclic) bond motifs is 1. The molecule has 182 valence electrons. The van der Waals surface area contributed by atoms with Crippen LogP contribution in [0.3, 0.4) is 0 Å². The third kappa shape index (κ3) is 3.77. The van der Waals surface area contributed by atoms with Crippen molar-refractivity contribution in [1.82, 2.24) is 0 Å². The van der Waals surface area contributed by atoms with Gasteiger partial charge < -0.3 is 54.4 Å². The SMILES string of the molecule is COc1c(O[C@@H]2O[C@H](CO)[C@@H](O)[C@H](O)[C@H]2O)c(O)c(O)c2c(=O)c(-c3ccc(O)cc3)coc12. The van der Waals surface area contributed by atoms with Crippen LogP contribution in [0.1, 0.15) is 0 Å². The van der Waals surface area contributed by atoms with E-state index in [1.165, 1.54) is 31.4 Å². The maximum Gasteiger partial charge on any atom is 0.229 e. The van der Waals surface area contributed by atoms with Gasteiger partial charge in [0.2, 0.25) is 29.0 Å². The van der Waals surface area contributed by atoms with Crippen molar-refractivity contribution >= 4 is 11.0 Å². The van der Waals surface area contributed by atoms with E-state index in [-0.39, 0.29) is 22.6 Å². The number of aliphatic hydroxyl groups is 4. The number of phenols is 3. The lowest BCUT2D eigenvalue weighted by molar-refractivity contribution is -0.277. The second kappa shape index (κ2) is 9.00. The first-order valence-electron chi connectivity index (χ1n) is 10.0. The minimum atomic E-state index is -1.82. The highest BCUT2D eigenvalue weighted by Crippen LogP contribution is 2.50. The summed E-state index contributed by atoms with van der Waals surface area (Å²) in [4.78, 5) is 13.1. The van der Waals surface area contributed by atoms with E-state index < -0.39 is 65.4 Å². The summed E-state index contributed by atoms with van der Waals surface area (Å²) < 4.78 is 21.5. The first-order chi connectivity index (χ1) is 16.2. The van der Waals surface area contributed by atoms with Crippen LogP contribution < -0.4 is 14.9 Å². The van der Waals surface area contributed by atoms with Crippen molar-refractivity contribution in [3.05, 3.63) is 40.8 Å². The summed E-state index contributed by atoms with van der Waals surface area (Å²) in [5, 5.41) is 69.7. The van der Waals surface area contributed by atoms with Crippen molar-refractivity contribution in [2.24, 2.45) is 0 Å². The highest BCUT2D eigenvalue weighted by molar-refractivity contribution is 5.96. The van der Waals surface area contributed by atoms with Crippen LogP contribution in [0.2, 0.25) is 0 Å². The van der Waals surface area contributed by atoms with E-state index in [9.17, 15) is 40.5 Å². The van der Waals surface area contributed by atoms with Crippen LogP contribution in [0.25, 0.3) is 22.1 Å². The van der Waals surface area contributed by atoms with Crippen LogP contribution in [0.15, 0.2) is 39.7 Å². The van der Waals surface area contributed by atoms with Crippen LogP contribution >= 0.6 is 0 Å². The van der Waals surface area contributed by atoms with Crippen LogP contribution in [-0.4, -0.2) is 80.2 Å². The molecule has 3 aromatic rings. The van der Waals surface area contributed by atoms with Gasteiger partial charge >= 0.3 is 0 Å². The quantitative estimate of drug-likeness (QED) is 0.238. The zero-order chi connectivity index (χ0) is 24.7. The summed E-state index contributed by atoms with van der Waals surface area (Å²) in [6.45, 7) is -0.716. The predicted octanol–water partition coefficient (Wildman–Crippen LogP) is -0.236. The first-order valence-corrected chi connectivity index (χ1v) is 10.0. The molecule has 4 rings (SSSR count). The van der Waals surface area contributed by atoms with E-state index in [1.807, 2.05) is 0 Å². The average molecular weight is 478 g/mol. The minimum absolute atomic E-state index is 0.0202. The summed E-state index contributed by atoms with van der Waals surface area (Å²) in [5.74, 6) is -2.80. The van der Waals surface area contributed by atoms with E-state index in [1.54, 1.807) is 0 Å². The molecule has 0 spiro atoms. The van der Waals surface area contributed by atoms with Gasteiger partial charge in [-0.1, -0.05) is 12.1 Å². The Morgan fingerprint density at radius 3 is 2.24 bits per heavy atom. The number of aliphatic hydroxyl groups excluding tert-OH is 4. The fourth-order valence-electron chi connectivity index (χ4n) is 3.70. The van der Waals surface area contributed by atoms with Gasteiger partial charge in [-0.2, -0.15) is 0 Å². The minimum Gasteiger partial charge on any atom is -0.508 e. The van der Waals surface area contributed by atoms with Gasteiger partial charge in [-0.3, -0.25) is 4.79 Å². The monoisotopic (exact) mass is 478 g/mol. The van der Waals surface area contributed by atoms with Gasteiger partial charge in [-0.15, -0.1) is 0 Å². The second-order valence-corrected chi connectivity index (χ2v) is 7.60. The van der Waals surface area contributed by atoms with Crippen LogP contribution in [-0.2, 0) is 4.74 Å². The fraction of sp³-hybridized carbons (Fsp3) is 0.318. The van der Waals surface area contributed by atoms with Crippen LogP contribution in [0, 0.1) is 0 Å². The zero-order valence-corrected chi connectivity index (χ0v) is 17.7. The number of methoxy groups -OCH3 is 1. The average Bonchev–Trinajstić information content (AvgIpc) is 2.83. The Labute approximate surface area is 191 Å². The molecule has 34 heavy (non-hydrogen) atoms. The van der Waals surface area contributed by atoms with Crippen molar-refractivity contribution in [2.75, 3.05) is 13.7 Å². The Morgan fingerprint density at radius 2 is 1.62 bits per heavy atom. The van der Waals surface area contributed by atoms with Crippen molar-refractivity contribution < 1.29 is 54.4 Å². The van der Waals surface area contributed by atoms with Gasteiger partial charge in [0.25, 0.3) is 0 Å². The molecular formula is C22H22O12. The standard InChI is InChI=1S/C22H22O12/c1-31-21-19-12(13(25)10(7-32-19)8-2-4-9(24)5-3-8)15(27)17(29)20(21)34-22-18(30)16(28)14(26)11(6-23)33-22/h2-5,7,11,14,16,18,22-24,26-30H,6H2,1H3/t11-,14-,16+,18-,22+/m1/s1. The molecule has 2 aromatic carbocycles. The molecule has 1 aliphatic heterocycles. The summed E-state index contributed by atoms with van der Waals surface area (Å²) in [6, 6.07) is 5.62. The summed E-state index contributed by atoms with van der Waals surface area (Å²) in [5.41, 5.74) is -0.637. The number of hydrogen-bond acceptors (Lipinski definition) is 12. The highest BCUT2D eigenvalue weighted by Gasteiger charge is 2.45. The molecule has 12 heteroatoms. The van der Waals surface area contributed by atoms with E-state index in [2.05, 4.69) is 0 Å². The number of ether oxygens (including phenoxy) is 3. The Hall–Kier alpha value is -3.55. The maximum atomic E-state index is 13.1. The number of aromatic hydroxyl groups is 3. The molecule has 1 aliphatic rings. The molecule has 0 saturated carbocycles. The van der Waals surface area contributed by atoms with Crippen LogP contribution in [0.4, 0.5) is 0 Å². The van der Waals surface area contributed by atoms with E-state index in [4.69, 9.17) is 18.6 Å². The third-order valence-electron chi connectivity index (χ3n) is 5.55. The number of hydrogen-bond donors (Lipinski definition) is 7. The lowest BCUT2D eigenvalue weighted by Gasteiger charge is -2.39. The Bertz CT molecular complexity index is 1250. The molecule has 7 N–H and O–H groups in total. The predicted molar refractivity (Wildman–Crippen MR) is 114 cm³/mol. The Morgan fingerprint density at radius 1 is 0.941 bits per heavy atom. The van der Waals surface area contributed by atoms with Gasteiger partial charge in [0.15, 0.2) is 11.3 Å². The van der Waals surface area contributed by atoms with Gasteiger partial charge in [-0.05, 0) is 17.7 Å². The van der Waals surface area contributed by atoms with Crippen LogP contribution in [0.5, 0.6) is 28.7 Å².